The van der Waals surface area contributed by atoms with E-state index in [1.165, 1.54) is 34.5 Å². The normalized spacial score (nSPS) is 19.1. The number of amides is 2. The maximum Gasteiger partial charge on any atom is 0.355 e. The Morgan fingerprint density at radius 3 is 2.80 bits per heavy atom. The van der Waals surface area contributed by atoms with E-state index < -0.39 is 11.5 Å². The number of rotatable bonds is 3. The van der Waals surface area contributed by atoms with Gasteiger partial charge in [0.05, 0.1) is 56.6 Å². The molecule has 0 spiro atoms. The first-order valence-electron chi connectivity index (χ1n) is 14.2. The van der Waals surface area contributed by atoms with Crippen molar-refractivity contribution in [2.45, 2.75) is 43.2 Å². The van der Waals surface area contributed by atoms with Crippen molar-refractivity contribution in [2.24, 2.45) is 0 Å². The fraction of sp³-hybridized carbons (Fsp3) is 0.290. The average Bonchev–Trinajstić information content (AvgIpc) is 3.80. The zero-order valence-electron chi connectivity index (χ0n) is 23.9. The molecule has 2 aliphatic heterocycles. The summed E-state index contributed by atoms with van der Waals surface area (Å²) in [6.45, 7) is 8.43. The summed E-state index contributed by atoms with van der Waals surface area (Å²) in [5.74, 6) is -0.808. The van der Waals surface area contributed by atoms with Crippen LogP contribution >= 0.6 is 23.4 Å². The number of aromatic nitrogens is 4. The summed E-state index contributed by atoms with van der Waals surface area (Å²) in [5.41, 5.74) is 1.04. The van der Waals surface area contributed by atoms with E-state index in [1.54, 1.807) is 29.3 Å². The second-order valence-corrected chi connectivity index (χ2v) is 12.7. The third-order valence-electron chi connectivity index (χ3n) is 8.21. The first-order valence-corrected chi connectivity index (χ1v) is 15.6. The van der Waals surface area contributed by atoms with Crippen molar-refractivity contribution in [3.8, 4) is 16.9 Å². The summed E-state index contributed by atoms with van der Waals surface area (Å²) in [6, 6.07) is 7.71. The zero-order chi connectivity index (χ0) is 30.9. The number of carbonyl (C=O) groups excluding carboxylic acids is 2. The van der Waals surface area contributed by atoms with Gasteiger partial charge in [0.1, 0.15) is 11.6 Å². The molecule has 13 heteroatoms. The van der Waals surface area contributed by atoms with Gasteiger partial charge >= 0.3 is 5.69 Å². The van der Waals surface area contributed by atoms with Crippen LogP contribution in [0.2, 0.25) is 5.02 Å². The summed E-state index contributed by atoms with van der Waals surface area (Å²) in [4.78, 5) is 58.2. The predicted octanol–water partition coefficient (Wildman–Crippen LogP) is 4.78. The third kappa shape index (κ3) is 4.55. The molecule has 5 heterocycles. The summed E-state index contributed by atoms with van der Waals surface area (Å²) >= 11 is 8.11. The molecule has 0 unspecified atom stereocenters. The molecule has 7 rings (SSSR count). The number of benzene rings is 1. The van der Waals surface area contributed by atoms with Crippen LogP contribution in [0.4, 0.5) is 15.9 Å². The van der Waals surface area contributed by atoms with Gasteiger partial charge in [-0.15, -0.1) is 11.8 Å². The van der Waals surface area contributed by atoms with E-state index in [-0.39, 0.29) is 63.2 Å². The van der Waals surface area contributed by atoms with Gasteiger partial charge < -0.3 is 15.1 Å². The van der Waals surface area contributed by atoms with Gasteiger partial charge in [-0.05, 0) is 42.7 Å². The Morgan fingerprint density at radius 2 is 2.02 bits per heavy atom. The monoisotopic (exact) mass is 631 g/mol. The Balaban J connectivity index is 1.54. The van der Waals surface area contributed by atoms with Crippen molar-refractivity contribution in [2.75, 3.05) is 29.1 Å². The fourth-order valence-corrected chi connectivity index (χ4v) is 7.25. The molecule has 1 N–H and O–H groups in total. The largest absolute Gasteiger partial charge is 0.355 e. The molecule has 1 saturated heterocycles. The standard InChI is InChI=1S/C31H27ClFN7O3S/c1-4-24(42)38-10-11-39(21-13-20(21)38)29-16-12-17(32)27-25-18(33)6-5-7-19(25)35-23(41)14-44-22-8-9-34-26(15(2)3)28(22)40(30(16)36-27)31(43)37-29/h4-9,12,15,20-21H,1,10-11,13-14H2,2-3H3,(H,35,41)/t20-,21+/m1/s1. The summed E-state index contributed by atoms with van der Waals surface area (Å²) < 4.78 is 16.9. The number of carbonyl (C=O) groups is 2. The molecule has 3 aliphatic rings. The molecule has 44 heavy (non-hydrogen) atoms. The molecule has 3 aromatic heterocycles. The Bertz CT molecular complexity index is 1970. The number of hydrogen-bond acceptors (Lipinski definition) is 8. The summed E-state index contributed by atoms with van der Waals surface area (Å²) in [7, 11) is 0. The molecule has 2 amide bonds. The second kappa shape index (κ2) is 10.7. The Hall–Kier alpha value is -4.29. The van der Waals surface area contributed by atoms with Crippen LogP contribution in [0.15, 0.2) is 58.9 Å². The average molecular weight is 632 g/mol. The van der Waals surface area contributed by atoms with Crippen LogP contribution in [0.5, 0.6) is 0 Å². The lowest BCUT2D eigenvalue weighted by atomic mass is 10.1. The van der Waals surface area contributed by atoms with Crippen LogP contribution in [-0.4, -0.2) is 67.2 Å². The molecule has 4 aromatic rings. The molecule has 1 saturated carbocycles. The predicted molar refractivity (Wildman–Crippen MR) is 168 cm³/mol. The number of halogens is 2. The van der Waals surface area contributed by atoms with Gasteiger partial charge in [0.2, 0.25) is 11.8 Å². The smallest absolute Gasteiger partial charge is 0.349 e. The van der Waals surface area contributed by atoms with Crippen molar-refractivity contribution >= 4 is 57.7 Å². The zero-order valence-corrected chi connectivity index (χ0v) is 25.5. The molecule has 2 atom stereocenters. The molecule has 224 valence electrons. The lowest BCUT2D eigenvalue weighted by Crippen LogP contribution is -2.49. The van der Waals surface area contributed by atoms with Crippen LogP contribution in [0.25, 0.3) is 28.0 Å². The Morgan fingerprint density at radius 1 is 1.20 bits per heavy atom. The third-order valence-corrected chi connectivity index (χ3v) is 9.54. The topological polar surface area (TPSA) is 113 Å². The first-order chi connectivity index (χ1) is 21.2. The van der Waals surface area contributed by atoms with E-state index in [0.29, 0.717) is 40.6 Å². The lowest BCUT2D eigenvalue weighted by molar-refractivity contribution is -0.126. The van der Waals surface area contributed by atoms with Gasteiger partial charge in [-0.25, -0.2) is 18.7 Å². The Labute approximate surface area is 260 Å². The van der Waals surface area contributed by atoms with Crippen LogP contribution in [0.1, 0.15) is 31.9 Å². The number of nitrogens with zero attached hydrogens (tertiary/aromatic N) is 6. The Kier molecular flexibility index (Phi) is 6.93. The van der Waals surface area contributed by atoms with E-state index in [0.717, 1.165) is 6.42 Å². The van der Waals surface area contributed by atoms with E-state index in [2.05, 4.69) is 21.9 Å². The fourth-order valence-electron chi connectivity index (χ4n) is 6.15. The second-order valence-electron chi connectivity index (χ2n) is 11.2. The van der Waals surface area contributed by atoms with Crippen molar-refractivity contribution in [1.82, 2.24) is 24.4 Å². The number of nitrogens with one attached hydrogen (secondary N) is 1. The molecule has 10 nitrogen and oxygen atoms in total. The molecule has 1 aromatic carbocycles. The first kappa shape index (κ1) is 28.5. The van der Waals surface area contributed by atoms with Gasteiger partial charge in [-0.3, -0.25) is 14.6 Å². The van der Waals surface area contributed by atoms with Crippen LogP contribution in [0.3, 0.4) is 0 Å². The van der Waals surface area contributed by atoms with E-state index in [9.17, 15) is 14.4 Å². The van der Waals surface area contributed by atoms with Crippen molar-refractivity contribution in [1.29, 1.82) is 0 Å². The van der Waals surface area contributed by atoms with Gasteiger partial charge in [0, 0.05) is 24.2 Å². The molecule has 2 bridgehead atoms. The number of hydrogen-bond donors (Lipinski definition) is 1. The number of anilines is 2. The maximum absolute atomic E-state index is 15.5. The highest BCUT2D eigenvalue weighted by Crippen LogP contribution is 2.43. The van der Waals surface area contributed by atoms with Gasteiger partial charge in [0.15, 0.2) is 5.65 Å². The molecule has 0 radical (unpaired) electrons. The maximum atomic E-state index is 15.5. The molecular weight excluding hydrogens is 605 g/mol. The molecule has 2 fully saturated rings. The lowest BCUT2D eigenvalue weighted by Gasteiger charge is -2.35. The highest BCUT2D eigenvalue weighted by molar-refractivity contribution is 8.00. The van der Waals surface area contributed by atoms with Crippen LogP contribution < -0.4 is 15.9 Å². The van der Waals surface area contributed by atoms with Crippen LogP contribution in [0, 0.1) is 5.82 Å². The number of piperazine rings is 1. The molecular formula is C31H27ClFN7O3S. The highest BCUT2D eigenvalue weighted by atomic mass is 35.5. The SMILES string of the molecule is C=CC(=O)N1CCN(c2nc(=O)n3c4nc(c(Cl)cc24)-c2c(F)cccc2NC(=O)CSc2ccnc(C(C)C)c2-3)[C@H]2C[C@H]21. The van der Waals surface area contributed by atoms with Gasteiger partial charge in [0.25, 0.3) is 0 Å². The van der Waals surface area contributed by atoms with Gasteiger partial charge in [-0.2, -0.15) is 4.98 Å². The van der Waals surface area contributed by atoms with E-state index >= 15 is 4.39 Å². The number of thioether (sulfide) groups is 1. The van der Waals surface area contributed by atoms with Gasteiger partial charge in [-0.1, -0.05) is 38.1 Å². The molecule has 1 aliphatic carbocycles. The highest BCUT2D eigenvalue weighted by Gasteiger charge is 2.51. The van der Waals surface area contributed by atoms with E-state index in [4.69, 9.17) is 16.6 Å². The number of pyridine rings is 2. The minimum atomic E-state index is -0.627. The minimum Gasteiger partial charge on any atom is -0.349 e. The minimum absolute atomic E-state index is 0.000221. The van der Waals surface area contributed by atoms with Crippen molar-refractivity contribution < 1.29 is 14.0 Å². The van der Waals surface area contributed by atoms with Crippen molar-refractivity contribution in [3.63, 3.8) is 0 Å². The quantitative estimate of drug-likeness (QED) is 0.322. The van der Waals surface area contributed by atoms with Crippen molar-refractivity contribution in [3.05, 3.63) is 76.2 Å². The summed E-state index contributed by atoms with van der Waals surface area (Å²) in [5, 5.41) is 3.44. The van der Waals surface area contributed by atoms with E-state index in [1.807, 2.05) is 18.7 Å². The summed E-state index contributed by atoms with van der Waals surface area (Å²) in [6.07, 6.45) is 3.69. The number of fused-ring (bicyclic) bond motifs is 6. The van der Waals surface area contributed by atoms with Crippen LogP contribution in [-0.2, 0) is 9.59 Å².